The normalized spacial score (nSPS) is 14.7. The van der Waals surface area contributed by atoms with Crippen LogP contribution in [0.3, 0.4) is 0 Å². The number of benzene rings is 1. The standard InChI is InChI=1S/C16H16N4O/c1-2-5-15(21)19-8-10-20(11-9-19)16-13-6-3-4-7-14(13)17-12-18-16/h3-4,6-7,12H,8-11H2,1H3. The number of rotatable bonds is 1. The summed E-state index contributed by atoms with van der Waals surface area (Å²) in [6.45, 7) is 4.55. The number of nitrogens with zero attached hydrogens (tertiary/aromatic N) is 4. The lowest BCUT2D eigenvalue weighted by Gasteiger charge is -2.34. The minimum atomic E-state index is -0.0929. The van der Waals surface area contributed by atoms with Crippen LogP contribution < -0.4 is 4.90 Å². The highest BCUT2D eigenvalue weighted by Gasteiger charge is 2.22. The molecule has 3 rings (SSSR count). The Morgan fingerprint density at radius 1 is 1.14 bits per heavy atom. The molecule has 5 nitrogen and oxygen atoms in total. The molecule has 0 bridgehead atoms. The van der Waals surface area contributed by atoms with E-state index in [0.29, 0.717) is 13.1 Å². The zero-order chi connectivity index (χ0) is 14.7. The number of fused-ring (bicyclic) bond motifs is 1. The molecule has 21 heavy (non-hydrogen) atoms. The zero-order valence-corrected chi connectivity index (χ0v) is 11.9. The molecule has 1 amide bonds. The molecule has 0 radical (unpaired) electrons. The number of aromatic nitrogens is 2. The summed E-state index contributed by atoms with van der Waals surface area (Å²) in [6, 6.07) is 7.98. The summed E-state index contributed by atoms with van der Waals surface area (Å²) >= 11 is 0. The van der Waals surface area contributed by atoms with Gasteiger partial charge in [0.2, 0.25) is 0 Å². The lowest BCUT2D eigenvalue weighted by Crippen LogP contribution is -2.48. The molecule has 5 heteroatoms. The molecule has 1 aliphatic heterocycles. The van der Waals surface area contributed by atoms with Crippen LogP contribution in [0.2, 0.25) is 0 Å². The Balaban J connectivity index is 1.80. The molecule has 106 valence electrons. The third kappa shape index (κ3) is 2.65. The van der Waals surface area contributed by atoms with E-state index >= 15 is 0 Å². The lowest BCUT2D eigenvalue weighted by atomic mass is 10.2. The molecule has 1 aliphatic rings. The van der Waals surface area contributed by atoms with Crippen LogP contribution in [-0.4, -0.2) is 47.0 Å². The van der Waals surface area contributed by atoms with Gasteiger partial charge >= 0.3 is 0 Å². The Kier molecular flexibility index (Phi) is 3.69. The van der Waals surface area contributed by atoms with Gasteiger partial charge in [-0.1, -0.05) is 18.1 Å². The molecule has 0 unspecified atom stereocenters. The van der Waals surface area contributed by atoms with E-state index in [1.54, 1.807) is 18.2 Å². The molecule has 0 saturated carbocycles. The van der Waals surface area contributed by atoms with Crippen molar-refractivity contribution in [3.05, 3.63) is 30.6 Å². The van der Waals surface area contributed by atoms with E-state index in [-0.39, 0.29) is 5.91 Å². The molecule has 1 saturated heterocycles. The number of hydrogen-bond donors (Lipinski definition) is 0. The van der Waals surface area contributed by atoms with Crippen molar-refractivity contribution in [2.75, 3.05) is 31.1 Å². The predicted molar refractivity (Wildman–Crippen MR) is 81.8 cm³/mol. The molecule has 0 atom stereocenters. The van der Waals surface area contributed by atoms with E-state index in [4.69, 9.17) is 0 Å². The Bertz CT molecular complexity index is 718. The maximum absolute atomic E-state index is 11.8. The van der Waals surface area contributed by atoms with E-state index in [0.717, 1.165) is 29.8 Å². The van der Waals surface area contributed by atoms with Gasteiger partial charge in [-0.2, -0.15) is 0 Å². The second kappa shape index (κ2) is 5.80. The molecule has 0 aliphatic carbocycles. The predicted octanol–water partition coefficient (Wildman–Crippen LogP) is 1.30. The first-order valence-electron chi connectivity index (χ1n) is 6.96. The first-order valence-corrected chi connectivity index (χ1v) is 6.96. The van der Waals surface area contributed by atoms with Crippen molar-refractivity contribution in [2.45, 2.75) is 6.92 Å². The molecule has 1 aromatic carbocycles. The highest BCUT2D eigenvalue weighted by atomic mass is 16.2. The Morgan fingerprint density at radius 2 is 1.90 bits per heavy atom. The second-order valence-corrected chi connectivity index (χ2v) is 4.87. The number of piperazine rings is 1. The molecule has 1 fully saturated rings. The van der Waals surface area contributed by atoms with E-state index in [1.165, 1.54) is 0 Å². The molecule has 2 aromatic rings. The summed E-state index contributed by atoms with van der Waals surface area (Å²) < 4.78 is 0. The number of anilines is 1. The van der Waals surface area contributed by atoms with E-state index in [9.17, 15) is 4.79 Å². The number of amides is 1. The van der Waals surface area contributed by atoms with Crippen LogP contribution in [0.5, 0.6) is 0 Å². The third-order valence-electron chi connectivity index (χ3n) is 3.62. The summed E-state index contributed by atoms with van der Waals surface area (Å²) in [4.78, 5) is 24.5. The Labute approximate surface area is 123 Å². The quantitative estimate of drug-likeness (QED) is 0.739. The fourth-order valence-corrected chi connectivity index (χ4v) is 2.55. The highest BCUT2D eigenvalue weighted by Crippen LogP contribution is 2.23. The molecule has 0 N–H and O–H groups in total. The average Bonchev–Trinajstić information content (AvgIpc) is 2.55. The van der Waals surface area contributed by atoms with Crippen molar-refractivity contribution in [1.29, 1.82) is 0 Å². The summed E-state index contributed by atoms with van der Waals surface area (Å²) in [6.07, 6.45) is 1.59. The molecular formula is C16H16N4O. The third-order valence-corrected chi connectivity index (χ3v) is 3.62. The summed E-state index contributed by atoms with van der Waals surface area (Å²) in [5, 5.41) is 1.05. The van der Waals surface area contributed by atoms with Crippen LogP contribution in [0.4, 0.5) is 5.82 Å². The number of carbonyl (C=O) groups is 1. The van der Waals surface area contributed by atoms with Gasteiger partial charge in [-0.25, -0.2) is 9.97 Å². The lowest BCUT2D eigenvalue weighted by molar-refractivity contribution is -0.125. The molecular weight excluding hydrogens is 264 g/mol. The fraction of sp³-hybridized carbons (Fsp3) is 0.312. The Morgan fingerprint density at radius 3 is 2.67 bits per heavy atom. The summed E-state index contributed by atoms with van der Waals surface area (Å²) in [7, 11) is 0. The van der Waals surface area contributed by atoms with Gasteiger partial charge < -0.3 is 9.80 Å². The zero-order valence-electron chi connectivity index (χ0n) is 11.9. The van der Waals surface area contributed by atoms with Crippen molar-refractivity contribution >= 4 is 22.6 Å². The van der Waals surface area contributed by atoms with Gasteiger partial charge in [0.25, 0.3) is 5.91 Å². The largest absolute Gasteiger partial charge is 0.352 e. The van der Waals surface area contributed by atoms with Crippen molar-refractivity contribution in [3.63, 3.8) is 0 Å². The monoisotopic (exact) mass is 280 g/mol. The van der Waals surface area contributed by atoms with Crippen LogP contribution in [0.1, 0.15) is 6.92 Å². The Hall–Kier alpha value is -2.61. The van der Waals surface area contributed by atoms with Gasteiger partial charge in [-0.05, 0) is 25.0 Å². The van der Waals surface area contributed by atoms with Gasteiger partial charge in [0.05, 0.1) is 5.52 Å². The number of carbonyl (C=O) groups excluding carboxylic acids is 1. The summed E-state index contributed by atoms with van der Waals surface area (Å²) in [5.41, 5.74) is 0.942. The van der Waals surface area contributed by atoms with E-state index in [2.05, 4.69) is 26.7 Å². The van der Waals surface area contributed by atoms with E-state index < -0.39 is 0 Å². The molecule has 2 heterocycles. The van der Waals surface area contributed by atoms with Gasteiger partial charge in [0.1, 0.15) is 12.1 Å². The maximum Gasteiger partial charge on any atom is 0.298 e. The molecule has 0 spiro atoms. The first kappa shape index (κ1) is 13.4. The average molecular weight is 280 g/mol. The fourth-order valence-electron chi connectivity index (χ4n) is 2.55. The number of hydrogen-bond acceptors (Lipinski definition) is 4. The van der Waals surface area contributed by atoms with Gasteiger partial charge in [-0.15, -0.1) is 0 Å². The van der Waals surface area contributed by atoms with Crippen molar-refractivity contribution in [2.24, 2.45) is 0 Å². The maximum atomic E-state index is 11.8. The van der Waals surface area contributed by atoms with Crippen molar-refractivity contribution in [3.8, 4) is 11.8 Å². The van der Waals surface area contributed by atoms with Gasteiger partial charge in [0, 0.05) is 31.6 Å². The topological polar surface area (TPSA) is 49.3 Å². The van der Waals surface area contributed by atoms with Crippen molar-refractivity contribution < 1.29 is 4.79 Å². The second-order valence-electron chi connectivity index (χ2n) is 4.87. The van der Waals surface area contributed by atoms with Crippen LogP contribution in [0.25, 0.3) is 10.9 Å². The SMILES string of the molecule is CC#CC(=O)N1CCN(c2ncnc3ccccc23)CC1. The van der Waals surface area contributed by atoms with Crippen LogP contribution in [-0.2, 0) is 4.79 Å². The summed E-state index contributed by atoms with van der Waals surface area (Å²) in [5.74, 6) is 6.10. The van der Waals surface area contributed by atoms with Gasteiger partial charge in [0.15, 0.2) is 0 Å². The van der Waals surface area contributed by atoms with Crippen molar-refractivity contribution in [1.82, 2.24) is 14.9 Å². The van der Waals surface area contributed by atoms with Crippen LogP contribution in [0.15, 0.2) is 30.6 Å². The molecule has 1 aromatic heterocycles. The van der Waals surface area contributed by atoms with Crippen LogP contribution >= 0.6 is 0 Å². The van der Waals surface area contributed by atoms with Crippen LogP contribution in [0, 0.1) is 11.8 Å². The smallest absolute Gasteiger partial charge is 0.298 e. The van der Waals surface area contributed by atoms with E-state index in [1.807, 2.05) is 24.3 Å². The highest BCUT2D eigenvalue weighted by molar-refractivity contribution is 5.94. The minimum Gasteiger partial charge on any atom is -0.352 e. The minimum absolute atomic E-state index is 0.0929. The number of para-hydroxylation sites is 1. The van der Waals surface area contributed by atoms with Gasteiger partial charge in [-0.3, -0.25) is 4.79 Å². The first-order chi connectivity index (χ1) is 10.3.